The van der Waals surface area contributed by atoms with Gasteiger partial charge in [-0.25, -0.2) is 8.42 Å². The summed E-state index contributed by atoms with van der Waals surface area (Å²) in [6.07, 6.45) is 0.211. The molecule has 0 unspecified atom stereocenters. The zero-order valence-electron chi connectivity index (χ0n) is 15.9. The Bertz CT molecular complexity index is 1050. The molecule has 150 valence electrons. The average molecular weight is 410 g/mol. The number of carbonyl (C=O) groups is 1. The summed E-state index contributed by atoms with van der Waals surface area (Å²) in [6, 6.07) is 23.1. The summed E-state index contributed by atoms with van der Waals surface area (Å²) in [5, 5.41) is 2.77. The summed E-state index contributed by atoms with van der Waals surface area (Å²) >= 11 is 0. The lowest BCUT2D eigenvalue weighted by Crippen LogP contribution is -2.45. The van der Waals surface area contributed by atoms with Crippen molar-refractivity contribution in [3.05, 3.63) is 90.5 Å². The third-order valence-electron chi connectivity index (χ3n) is 4.29. The number of rotatable bonds is 8. The van der Waals surface area contributed by atoms with Crippen molar-refractivity contribution in [2.45, 2.75) is 17.4 Å². The molecule has 3 aromatic rings. The van der Waals surface area contributed by atoms with E-state index in [9.17, 15) is 13.2 Å². The topological polar surface area (TPSA) is 84.5 Å². The maximum absolute atomic E-state index is 12.9. The van der Waals surface area contributed by atoms with Crippen LogP contribution in [-0.4, -0.2) is 27.5 Å². The van der Waals surface area contributed by atoms with Crippen molar-refractivity contribution < 1.29 is 17.9 Å². The minimum atomic E-state index is -3.87. The predicted molar refractivity (Wildman–Crippen MR) is 112 cm³/mol. The molecule has 0 bridgehead atoms. The monoisotopic (exact) mass is 410 g/mol. The molecule has 0 aliphatic heterocycles. The van der Waals surface area contributed by atoms with Crippen LogP contribution >= 0.6 is 0 Å². The summed E-state index contributed by atoms with van der Waals surface area (Å²) in [7, 11) is -2.33. The number of nitrogens with one attached hydrogen (secondary N) is 2. The Morgan fingerprint density at radius 3 is 2.24 bits per heavy atom. The molecular formula is C22H22N2O4S. The highest BCUT2D eigenvalue weighted by Gasteiger charge is 2.26. The van der Waals surface area contributed by atoms with Gasteiger partial charge in [-0.05, 0) is 36.2 Å². The van der Waals surface area contributed by atoms with Crippen molar-refractivity contribution in [3.63, 3.8) is 0 Å². The fraction of sp³-hybridized carbons (Fsp3) is 0.136. The van der Waals surface area contributed by atoms with Gasteiger partial charge < -0.3 is 10.1 Å². The first kappa shape index (κ1) is 20.6. The van der Waals surface area contributed by atoms with Crippen LogP contribution in [0.4, 0.5) is 5.69 Å². The standard InChI is InChI=1S/C22H22N2O4S/c1-28-19-12-8-11-18(16-19)23-22(25)21(15-17-9-4-2-5-10-17)24-29(26,27)20-13-6-3-7-14-20/h2-14,16,21,24H,15H2,1H3,(H,23,25)/t21-/m0/s1. The number of amides is 1. The molecule has 2 N–H and O–H groups in total. The van der Waals surface area contributed by atoms with E-state index in [0.717, 1.165) is 5.56 Å². The van der Waals surface area contributed by atoms with Gasteiger partial charge in [-0.3, -0.25) is 4.79 Å². The third kappa shape index (κ3) is 5.66. The van der Waals surface area contributed by atoms with Crippen LogP contribution in [0.2, 0.25) is 0 Å². The number of benzene rings is 3. The van der Waals surface area contributed by atoms with E-state index in [1.54, 1.807) is 42.5 Å². The van der Waals surface area contributed by atoms with Crippen molar-refractivity contribution in [1.82, 2.24) is 4.72 Å². The Hall–Kier alpha value is -3.16. The van der Waals surface area contributed by atoms with Gasteiger partial charge >= 0.3 is 0 Å². The number of hydrogen-bond acceptors (Lipinski definition) is 4. The highest BCUT2D eigenvalue weighted by atomic mass is 32.2. The quantitative estimate of drug-likeness (QED) is 0.597. The van der Waals surface area contributed by atoms with Crippen molar-refractivity contribution in [2.24, 2.45) is 0 Å². The van der Waals surface area contributed by atoms with Crippen LogP contribution in [0.3, 0.4) is 0 Å². The summed E-state index contributed by atoms with van der Waals surface area (Å²) in [6.45, 7) is 0. The number of hydrogen-bond donors (Lipinski definition) is 2. The number of anilines is 1. The van der Waals surface area contributed by atoms with Gasteiger partial charge in [-0.2, -0.15) is 4.72 Å². The van der Waals surface area contributed by atoms with Crippen molar-refractivity contribution >= 4 is 21.6 Å². The highest BCUT2D eigenvalue weighted by molar-refractivity contribution is 7.89. The largest absolute Gasteiger partial charge is 0.497 e. The van der Waals surface area contributed by atoms with Gasteiger partial charge in [-0.15, -0.1) is 0 Å². The van der Waals surface area contributed by atoms with Crippen LogP contribution in [0.1, 0.15) is 5.56 Å². The van der Waals surface area contributed by atoms with E-state index < -0.39 is 22.0 Å². The Morgan fingerprint density at radius 2 is 1.59 bits per heavy atom. The predicted octanol–water partition coefficient (Wildman–Crippen LogP) is 3.22. The smallest absolute Gasteiger partial charge is 0.242 e. The van der Waals surface area contributed by atoms with Crippen LogP contribution in [0.25, 0.3) is 0 Å². The first-order valence-electron chi connectivity index (χ1n) is 9.04. The molecule has 0 aromatic heterocycles. The molecule has 6 nitrogen and oxygen atoms in total. The number of methoxy groups -OCH3 is 1. The Labute approximate surface area is 170 Å². The lowest BCUT2D eigenvalue weighted by molar-refractivity contribution is -0.117. The third-order valence-corrected chi connectivity index (χ3v) is 5.77. The summed E-state index contributed by atoms with van der Waals surface area (Å²) < 4.78 is 33.3. The number of ether oxygens (including phenoxy) is 1. The fourth-order valence-corrected chi connectivity index (χ4v) is 4.04. The van der Waals surface area contributed by atoms with Crippen LogP contribution in [0.15, 0.2) is 89.8 Å². The SMILES string of the molecule is COc1cccc(NC(=O)[C@H](Cc2ccccc2)NS(=O)(=O)c2ccccc2)c1. The van der Waals surface area contributed by atoms with Crippen LogP contribution < -0.4 is 14.8 Å². The molecule has 1 atom stereocenters. The molecule has 0 saturated carbocycles. The van der Waals surface area contributed by atoms with E-state index in [0.29, 0.717) is 11.4 Å². The van der Waals surface area contributed by atoms with E-state index in [-0.39, 0.29) is 11.3 Å². The molecule has 0 heterocycles. The van der Waals surface area contributed by atoms with Gasteiger partial charge in [0.25, 0.3) is 0 Å². The maximum Gasteiger partial charge on any atom is 0.242 e. The first-order valence-corrected chi connectivity index (χ1v) is 10.5. The highest BCUT2D eigenvalue weighted by Crippen LogP contribution is 2.18. The Morgan fingerprint density at radius 1 is 0.931 bits per heavy atom. The molecule has 7 heteroatoms. The molecule has 0 aliphatic rings. The fourth-order valence-electron chi connectivity index (χ4n) is 2.82. The summed E-state index contributed by atoms with van der Waals surface area (Å²) in [5.74, 6) is 0.133. The molecule has 0 saturated heterocycles. The maximum atomic E-state index is 12.9. The molecular weight excluding hydrogens is 388 g/mol. The molecule has 0 aliphatic carbocycles. The molecule has 0 spiro atoms. The van der Waals surface area contributed by atoms with E-state index in [1.807, 2.05) is 30.3 Å². The molecule has 0 fully saturated rings. The van der Waals surface area contributed by atoms with Gasteiger partial charge in [-0.1, -0.05) is 54.6 Å². The lowest BCUT2D eigenvalue weighted by Gasteiger charge is -2.19. The van der Waals surface area contributed by atoms with Crippen molar-refractivity contribution in [1.29, 1.82) is 0 Å². The van der Waals surface area contributed by atoms with Gasteiger partial charge in [0.1, 0.15) is 11.8 Å². The Kier molecular flexibility index (Phi) is 6.64. The minimum Gasteiger partial charge on any atom is -0.497 e. The number of sulfonamides is 1. The summed E-state index contributed by atoms with van der Waals surface area (Å²) in [4.78, 5) is 13.1. The van der Waals surface area contributed by atoms with E-state index >= 15 is 0 Å². The van der Waals surface area contributed by atoms with E-state index in [1.165, 1.54) is 19.2 Å². The van der Waals surface area contributed by atoms with Gasteiger partial charge in [0.15, 0.2) is 0 Å². The zero-order chi connectivity index (χ0) is 20.7. The number of carbonyl (C=O) groups excluding carboxylic acids is 1. The zero-order valence-corrected chi connectivity index (χ0v) is 16.7. The van der Waals surface area contributed by atoms with E-state index in [4.69, 9.17) is 4.74 Å². The molecule has 1 amide bonds. The van der Waals surface area contributed by atoms with Crippen LogP contribution in [0, 0.1) is 0 Å². The Balaban J connectivity index is 1.85. The summed E-state index contributed by atoms with van der Waals surface area (Å²) in [5.41, 5.74) is 1.36. The molecule has 0 radical (unpaired) electrons. The van der Waals surface area contributed by atoms with Crippen LogP contribution in [0.5, 0.6) is 5.75 Å². The molecule has 29 heavy (non-hydrogen) atoms. The van der Waals surface area contributed by atoms with Gasteiger partial charge in [0.05, 0.1) is 12.0 Å². The second kappa shape index (κ2) is 9.36. The minimum absolute atomic E-state index is 0.104. The first-order chi connectivity index (χ1) is 14.0. The average Bonchev–Trinajstić information content (AvgIpc) is 2.74. The van der Waals surface area contributed by atoms with Crippen molar-refractivity contribution in [2.75, 3.05) is 12.4 Å². The second-order valence-corrected chi connectivity index (χ2v) is 8.11. The van der Waals surface area contributed by atoms with Crippen LogP contribution in [-0.2, 0) is 21.2 Å². The van der Waals surface area contributed by atoms with Crippen molar-refractivity contribution in [3.8, 4) is 5.75 Å². The normalized spacial score (nSPS) is 12.2. The molecule has 3 aromatic carbocycles. The van der Waals surface area contributed by atoms with Gasteiger partial charge in [0.2, 0.25) is 15.9 Å². The molecule has 3 rings (SSSR count). The second-order valence-electron chi connectivity index (χ2n) is 6.40. The van der Waals surface area contributed by atoms with E-state index in [2.05, 4.69) is 10.0 Å². The van der Waals surface area contributed by atoms with Gasteiger partial charge in [0, 0.05) is 11.8 Å². The lowest BCUT2D eigenvalue weighted by atomic mass is 10.1.